The molecule has 0 spiro atoms. The van der Waals surface area contributed by atoms with Gasteiger partial charge in [-0.2, -0.15) is 5.26 Å². The number of rotatable bonds is 10. The molecule has 0 radical (unpaired) electrons. The molecule has 0 heterocycles. The maximum atomic E-state index is 9.81. The van der Waals surface area contributed by atoms with Crippen molar-refractivity contribution in [2.24, 2.45) is 0 Å². The summed E-state index contributed by atoms with van der Waals surface area (Å²) in [5, 5.41) is 18.4. The van der Waals surface area contributed by atoms with Gasteiger partial charge < -0.3 is 14.6 Å². The third kappa shape index (κ3) is 6.41. The number of aliphatic hydroxyl groups excluding tert-OH is 1. The first kappa shape index (κ1) is 18.0. The zero-order chi connectivity index (χ0) is 17.0. The van der Waals surface area contributed by atoms with Crippen molar-refractivity contribution >= 4 is 0 Å². The normalized spacial score (nSPS) is 11.7. The lowest BCUT2D eigenvalue weighted by Gasteiger charge is -2.10. The molecule has 0 aliphatic rings. The molecule has 4 nitrogen and oxygen atoms in total. The standard InChI is InChI=1S/C20H23NO3/c21-12-11-20(22)18-9-6-10-19(15-18)24-14-5-4-13-23-16-17-7-2-1-3-8-17/h1-3,6-10,15,20,22H,4-5,11,13-14,16H2. The van der Waals surface area contributed by atoms with E-state index in [1.807, 2.05) is 36.4 Å². The third-order valence-corrected chi connectivity index (χ3v) is 3.59. The van der Waals surface area contributed by atoms with Crippen LogP contribution in [0.25, 0.3) is 0 Å². The summed E-state index contributed by atoms with van der Waals surface area (Å²) in [4.78, 5) is 0. The van der Waals surface area contributed by atoms with Gasteiger partial charge in [0, 0.05) is 6.61 Å². The number of aliphatic hydroxyl groups is 1. The summed E-state index contributed by atoms with van der Waals surface area (Å²) in [6, 6.07) is 19.3. The Kier molecular flexibility index (Phi) is 7.82. The molecule has 1 unspecified atom stereocenters. The number of hydrogen-bond donors (Lipinski definition) is 1. The van der Waals surface area contributed by atoms with Crippen molar-refractivity contribution in [3.63, 3.8) is 0 Å². The highest BCUT2D eigenvalue weighted by atomic mass is 16.5. The Morgan fingerprint density at radius 2 is 1.79 bits per heavy atom. The predicted octanol–water partition coefficient (Wildman–Crippen LogP) is 4.01. The molecule has 0 bridgehead atoms. The molecule has 0 fully saturated rings. The van der Waals surface area contributed by atoms with Crippen molar-refractivity contribution in [3.8, 4) is 11.8 Å². The molecule has 2 aromatic carbocycles. The minimum atomic E-state index is -0.759. The van der Waals surface area contributed by atoms with Crippen molar-refractivity contribution in [2.45, 2.75) is 32.0 Å². The van der Waals surface area contributed by atoms with E-state index < -0.39 is 6.10 Å². The Balaban J connectivity index is 1.60. The van der Waals surface area contributed by atoms with E-state index in [1.165, 1.54) is 5.56 Å². The van der Waals surface area contributed by atoms with Gasteiger partial charge in [0.2, 0.25) is 0 Å². The molecule has 1 atom stereocenters. The van der Waals surface area contributed by atoms with E-state index >= 15 is 0 Å². The molecule has 24 heavy (non-hydrogen) atoms. The first-order chi connectivity index (χ1) is 11.8. The van der Waals surface area contributed by atoms with E-state index in [-0.39, 0.29) is 6.42 Å². The first-order valence-electron chi connectivity index (χ1n) is 8.19. The molecule has 4 heteroatoms. The van der Waals surface area contributed by atoms with E-state index in [0.29, 0.717) is 25.4 Å². The second-order valence-corrected chi connectivity index (χ2v) is 5.54. The lowest BCUT2D eigenvalue weighted by Crippen LogP contribution is -2.02. The van der Waals surface area contributed by atoms with Gasteiger partial charge in [-0.15, -0.1) is 0 Å². The van der Waals surface area contributed by atoms with Gasteiger partial charge >= 0.3 is 0 Å². The van der Waals surface area contributed by atoms with Gasteiger partial charge in [-0.3, -0.25) is 0 Å². The zero-order valence-electron chi connectivity index (χ0n) is 13.7. The van der Waals surface area contributed by atoms with E-state index in [9.17, 15) is 5.11 Å². The average Bonchev–Trinajstić information content (AvgIpc) is 2.62. The Morgan fingerprint density at radius 3 is 2.58 bits per heavy atom. The summed E-state index contributed by atoms with van der Waals surface area (Å²) in [6.07, 6.45) is 1.16. The number of benzene rings is 2. The van der Waals surface area contributed by atoms with Crippen LogP contribution in [0.4, 0.5) is 0 Å². The summed E-state index contributed by atoms with van der Waals surface area (Å²) in [5.41, 5.74) is 1.89. The van der Waals surface area contributed by atoms with Gasteiger partial charge in [-0.05, 0) is 36.1 Å². The van der Waals surface area contributed by atoms with E-state index in [2.05, 4.69) is 12.1 Å². The fourth-order valence-corrected chi connectivity index (χ4v) is 2.28. The molecular weight excluding hydrogens is 302 g/mol. The highest BCUT2D eigenvalue weighted by molar-refractivity contribution is 5.30. The molecule has 0 saturated carbocycles. The fourth-order valence-electron chi connectivity index (χ4n) is 2.28. The highest BCUT2D eigenvalue weighted by Crippen LogP contribution is 2.21. The van der Waals surface area contributed by atoms with E-state index in [4.69, 9.17) is 14.7 Å². The number of nitriles is 1. The Bertz CT molecular complexity index is 637. The highest BCUT2D eigenvalue weighted by Gasteiger charge is 2.07. The molecule has 2 aromatic rings. The summed E-state index contributed by atoms with van der Waals surface area (Å²) < 4.78 is 11.3. The van der Waals surface area contributed by atoms with Crippen molar-refractivity contribution in [1.82, 2.24) is 0 Å². The van der Waals surface area contributed by atoms with Crippen LogP contribution in [0.15, 0.2) is 54.6 Å². The Hall–Kier alpha value is -2.35. The van der Waals surface area contributed by atoms with Crippen molar-refractivity contribution < 1.29 is 14.6 Å². The van der Waals surface area contributed by atoms with Gasteiger partial charge in [0.25, 0.3) is 0 Å². The van der Waals surface area contributed by atoms with Gasteiger partial charge in [0.05, 0.1) is 31.8 Å². The first-order valence-corrected chi connectivity index (χ1v) is 8.19. The van der Waals surface area contributed by atoms with Gasteiger partial charge in [-0.25, -0.2) is 0 Å². The summed E-state index contributed by atoms with van der Waals surface area (Å²) in [5.74, 6) is 0.717. The molecule has 126 valence electrons. The van der Waals surface area contributed by atoms with Gasteiger partial charge in [-0.1, -0.05) is 42.5 Å². The second kappa shape index (κ2) is 10.4. The molecule has 0 amide bonds. The SMILES string of the molecule is N#CCC(O)c1cccc(OCCCCOCc2ccccc2)c1. The monoisotopic (exact) mass is 325 g/mol. The summed E-state index contributed by atoms with van der Waals surface area (Å²) in [7, 11) is 0. The van der Waals surface area contributed by atoms with Crippen molar-refractivity contribution in [3.05, 3.63) is 65.7 Å². The molecular formula is C20H23NO3. The lowest BCUT2D eigenvalue weighted by atomic mass is 10.1. The van der Waals surface area contributed by atoms with Crippen molar-refractivity contribution in [1.29, 1.82) is 5.26 Å². The lowest BCUT2D eigenvalue weighted by molar-refractivity contribution is 0.113. The third-order valence-electron chi connectivity index (χ3n) is 3.59. The number of ether oxygens (including phenoxy) is 2. The molecule has 0 aliphatic heterocycles. The predicted molar refractivity (Wildman–Crippen MR) is 92.5 cm³/mol. The maximum absolute atomic E-state index is 9.81. The number of hydrogen-bond acceptors (Lipinski definition) is 4. The molecule has 1 N–H and O–H groups in total. The smallest absolute Gasteiger partial charge is 0.119 e. The Morgan fingerprint density at radius 1 is 1.00 bits per heavy atom. The van der Waals surface area contributed by atoms with E-state index in [0.717, 1.165) is 18.6 Å². The average molecular weight is 325 g/mol. The van der Waals surface area contributed by atoms with Crippen LogP contribution in [0.5, 0.6) is 5.75 Å². The van der Waals surface area contributed by atoms with Crippen LogP contribution in [0.3, 0.4) is 0 Å². The summed E-state index contributed by atoms with van der Waals surface area (Å²) >= 11 is 0. The molecule has 2 rings (SSSR count). The maximum Gasteiger partial charge on any atom is 0.119 e. The van der Waals surface area contributed by atoms with Crippen LogP contribution in [-0.4, -0.2) is 18.3 Å². The topological polar surface area (TPSA) is 62.5 Å². The quantitative estimate of drug-likeness (QED) is 0.670. The van der Waals surface area contributed by atoms with Crippen LogP contribution in [-0.2, 0) is 11.3 Å². The second-order valence-electron chi connectivity index (χ2n) is 5.54. The molecule has 0 aromatic heterocycles. The van der Waals surface area contributed by atoms with Crippen LogP contribution in [0.1, 0.15) is 36.5 Å². The molecule has 0 aliphatic carbocycles. The van der Waals surface area contributed by atoms with Crippen LogP contribution >= 0.6 is 0 Å². The summed E-state index contributed by atoms with van der Waals surface area (Å²) in [6.45, 7) is 1.95. The number of nitrogens with zero attached hydrogens (tertiary/aromatic N) is 1. The largest absolute Gasteiger partial charge is 0.494 e. The van der Waals surface area contributed by atoms with Crippen LogP contribution in [0, 0.1) is 11.3 Å². The number of unbranched alkanes of at least 4 members (excludes halogenated alkanes) is 1. The van der Waals surface area contributed by atoms with Gasteiger partial charge in [0.1, 0.15) is 5.75 Å². The van der Waals surface area contributed by atoms with Gasteiger partial charge in [0.15, 0.2) is 0 Å². The minimum Gasteiger partial charge on any atom is -0.494 e. The van der Waals surface area contributed by atoms with E-state index in [1.54, 1.807) is 12.1 Å². The minimum absolute atomic E-state index is 0.0855. The zero-order valence-corrected chi connectivity index (χ0v) is 13.7. The Labute approximate surface area is 143 Å². The van der Waals surface area contributed by atoms with Crippen LogP contribution < -0.4 is 4.74 Å². The van der Waals surface area contributed by atoms with Crippen LogP contribution in [0.2, 0.25) is 0 Å². The fraction of sp³-hybridized carbons (Fsp3) is 0.350. The van der Waals surface area contributed by atoms with Crippen molar-refractivity contribution in [2.75, 3.05) is 13.2 Å². The molecule has 0 saturated heterocycles.